The molecule has 8 nitrogen and oxygen atoms in total. The predicted molar refractivity (Wildman–Crippen MR) is 104 cm³/mol. The van der Waals surface area contributed by atoms with E-state index in [4.69, 9.17) is 0 Å². The van der Waals surface area contributed by atoms with Crippen LogP contribution in [0, 0.1) is 11.8 Å². The van der Waals surface area contributed by atoms with Gasteiger partial charge in [0.05, 0.1) is 11.5 Å². The molecule has 3 fully saturated rings. The summed E-state index contributed by atoms with van der Waals surface area (Å²) in [5.74, 6) is 0.0254. The highest BCUT2D eigenvalue weighted by molar-refractivity contribution is 7.91. The van der Waals surface area contributed by atoms with Crippen molar-refractivity contribution in [2.75, 3.05) is 24.6 Å². The highest BCUT2D eigenvalue weighted by Gasteiger charge is 2.52. The van der Waals surface area contributed by atoms with Gasteiger partial charge >= 0.3 is 6.03 Å². The van der Waals surface area contributed by atoms with E-state index in [1.807, 2.05) is 13.8 Å². The molecule has 158 valence electrons. The number of carbonyl (C=O) groups excluding carboxylic acids is 3. The van der Waals surface area contributed by atoms with Crippen molar-refractivity contribution >= 4 is 27.7 Å². The average molecular weight is 414 g/mol. The van der Waals surface area contributed by atoms with Crippen LogP contribution in [0.15, 0.2) is 0 Å². The largest absolute Gasteiger partial charge is 0.337 e. The minimum absolute atomic E-state index is 0.0482. The molecule has 2 aliphatic heterocycles. The monoisotopic (exact) mass is 413 g/mol. The number of nitrogens with zero attached hydrogens (tertiary/aromatic N) is 2. The number of carbonyl (C=O) groups is 3. The Hall–Kier alpha value is -1.64. The summed E-state index contributed by atoms with van der Waals surface area (Å²) in [6, 6.07) is -0.901. The maximum absolute atomic E-state index is 13.0. The van der Waals surface area contributed by atoms with Crippen LogP contribution >= 0.6 is 0 Å². The summed E-state index contributed by atoms with van der Waals surface area (Å²) in [5, 5.41) is 2.83. The van der Waals surface area contributed by atoms with Gasteiger partial charge in [-0.15, -0.1) is 0 Å². The Morgan fingerprint density at radius 1 is 1.25 bits per heavy atom. The first kappa shape index (κ1) is 21.1. The van der Waals surface area contributed by atoms with Gasteiger partial charge in [-0.2, -0.15) is 0 Å². The third-order valence-electron chi connectivity index (χ3n) is 6.20. The summed E-state index contributed by atoms with van der Waals surface area (Å²) in [4.78, 5) is 41.0. The maximum Gasteiger partial charge on any atom is 0.325 e. The lowest BCUT2D eigenvalue weighted by atomic mass is 9.77. The number of hydrogen-bond donors (Lipinski definition) is 1. The molecule has 1 N–H and O–H groups in total. The average Bonchev–Trinajstić information content (AvgIpc) is 3.07. The number of nitrogens with one attached hydrogen (secondary N) is 1. The topological polar surface area (TPSA) is 104 Å². The molecule has 0 aromatic rings. The van der Waals surface area contributed by atoms with Gasteiger partial charge < -0.3 is 10.2 Å². The Labute approximate surface area is 166 Å². The number of sulfone groups is 1. The molecule has 2 saturated heterocycles. The van der Waals surface area contributed by atoms with Crippen LogP contribution in [0.1, 0.15) is 52.9 Å². The Bertz CT molecular complexity index is 756. The summed E-state index contributed by atoms with van der Waals surface area (Å²) >= 11 is 0. The van der Waals surface area contributed by atoms with E-state index < -0.39 is 21.4 Å². The van der Waals surface area contributed by atoms with Crippen LogP contribution in [0.3, 0.4) is 0 Å². The fourth-order valence-electron chi connectivity index (χ4n) is 4.51. The van der Waals surface area contributed by atoms with E-state index in [1.54, 1.807) is 4.90 Å². The van der Waals surface area contributed by atoms with Crippen molar-refractivity contribution in [1.29, 1.82) is 0 Å². The van der Waals surface area contributed by atoms with Crippen molar-refractivity contribution in [1.82, 2.24) is 15.1 Å². The molecule has 1 saturated carbocycles. The summed E-state index contributed by atoms with van der Waals surface area (Å²) in [5.41, 5.74) is -0.872. The van der Waals surface area contributed by atoms with E-state index in [-0.39, 0.29) is 41.8 Å². The second-order valence-corrected chi connectivity index (χ2v) is 11.3. The highest BCUT2D eigenvalue weighted by Crippen LogP contribution is 2.36. The highest BCUT2D eigenvalue weighted by atomic mass is 32.2. The molecule has 0 aromatic heterocycles. The Morgan fingerprint density at radius 2 is 1.89 bits per heavy atom. The van der Waals surface area contributed by atoms with E-state index in [9.17, 15) is 22.8 Å². The van der Waals surface area contributed by atoms with Crippen molar-refractivity contribution in [2.45, 2.75) is 64.5 Å². The molecule has 2 heterocycles. The zero-order valence-corrected chi connectivity index (χ0v) is 17.8. The van der Waals surface area contributed by atoms with Gasteiger partial charge in [-0.05, 0) is 43.9 Å². The van der Waals surface area contributed by atoms with Crippen LogP contribution in [-0.2, 0) is 19.4 Å². The van der Waals surface area contributed by atoms with E-state index >= 15 is 0 Å². The van der Waals surface area contributed by atoms with Gasteiger partial charge in [-0.3, -0.25) is 14.5 Å². The first-order valence-corrected chi connectivity index (χ1v) is 12.0. The lowest BCUT2D eigenvalue weighted by molar-refractivity contribution is -0.141. The van der Waals surface area contributed by atoms with E-state index in [2.05, 4.69) is 12.2 Å². The summed E-state index contributed by atoms with van der Waals surface area (Å²) in [6.07, 6.45) is 3.34. The first-order valence-electron chi connectivity index (χ1n) is 10.2. The SMILES string of the molecule is CC(C)CN(C(=O)CN1C(=O)NC2(CCC(C)CC2)C1=O)[C@H]1CCS(=O)(=O)C1. The van der Waals surface area contributed by atoms with Gasteiger partial charge in [0, 0.05) is 12.6 Å². The molecule has 0 radical (unpaired) electrons. The minimum Gasteiger partial charge on any atom is -0.337 e. The molecule has 4 amide bonds. The summed E-state index contributed by atoms with van der Waals surface area (Å²) in [6.45, 7) is 6.12. The maximum atomic E-state index is 13.0. The molecule has 3 rings (SSSR count). The Morgan fingerprint density at radius 3 is 2.43 bits per heavy atom. The van der Waals surface area contributed by atoms with Gasteiger partial charge in [-0.25, -0.2) is 13.2 Å². The molecule has 28 heavy (non-hydrogen) atoms. The van der Waals surface area contributed by atoms with Gasteiger partial charge in [0.2, 0.25) is 5.91 Å². The molecule has 1 spiro atoms. The van der Waals surface area contributed by atoms with Crippen molar-refractivity contribution < 1.29 is 22.8 Å². The van der Waals surface area contributed by atoms with Crippen molar-refractivity contribution in [2.24, 2.45) is 11.8 Å². The van der Waals surface area contributed by atoms with Crippen LogP contribution in [0.25, 0.3) is 0 Å². The zero-order chi connectivity index (χ0) is 20.7. The summed E-state index contributed by atoms with van der Waals surface area (Å²) in [7, 11) is -3.14. The van der Waals surface area contributed by atoms with E-state index in [0.29, 0.717) is 31.7 Å². The van der Waals surface area contributed by atoms with Crippen molar-refractivity contribution in [3.8, 4) is 0 Å². The number of imide groups is 1. The quantitative estimate of drug-likeness (QED) is 0.681. The van der Waals surface area contributed by atoms with E-state index in [1.165, 1.54) is 0 Å². The smallest absolute Gasteiger partial charge is 0.325 e. The zero-order valence-electron chi connectivity index (χ0n) is 16.9. The first-order chi connectivity index (χ1) is 13.0. The second-order valence-electron chi connectivity index (χ2n) is 9.08. The second kappa shape index (κ2) is 7.65. The van der Waals surface area contributed by atoms with Gasteiger partial charge in [0.15, 0.2) is 9.84 Å². The standard InChI is InChI=1S/C19H31N3O5S/c1-13(2)10-21(15-6-9-28(26,27)12-15)16(23)11-22-17(24)19(20-18(22)25)7-4-14(3)5-8-19/h13-15H,4-12H2,1-3H3,(H,20,25)/t14?,15-,19?/m0/s1. The van der Waals surface area contributed by atoms with Crippen LogP contribution < -0.4 is 5.32 Å². The number of urea groups is 1. The molecule has 1 aliphatic carbocycles. The lowest BCUT2D eigenvalue weighted by Gasteiger charge is -2.34. The molecule has 1 atom stereocenters. The molecule has 0 bridgehead atoms. The van der Waals surface area contributed by atoms with Gasteiger partial charge in [0.25, 0.3) is 5.91 Å². The molecular formula is C19H31N3O5S. The third kappa shape index (κ3) is 4.18. The van der Waals surface area contributed by atoms with Crippen LogP contribution in [0.2, 0.25) is 0 Å². The molecule has 9 heteroatoms. The van der Waals surface area contributed by atoms with Crippen molar-refractivity contribution in [3.05, 3.63) is 0 Å². The van der Waals surface area contributed by atoms with Gasteiger partial charge in [0.1, 0.15) is 12.1 Å². The number of rotatable bonds is 5. The minimum atomic E-state index is -3.14. The van der Waals surface area contributed by atoms with Gasteiger partial charge in [-0.1, -0.05) is 20.8 Å². The summed E-state index contributed by atoms with van der Waals surface area (Å²) < 4.78 is 23.7. The normalized spacial score (nSPS) is 32.2. The van der Waals surface area contributed by atoms with Crippen LogP contribution in [0.4, 0.5) is 4.79 Å². The van der Waals surface area contributed by atoms with Crippen molar-refractivity contribution in [3.63, 3.8) is 0 Å². The van der Waals surface area contributed by atoms with E-state index in [0.717, 1.165) is 17.7 Å². The van der Waals surface area contributed by atoms with Crippen LogP contribution in [-0.4, -0.2) is 72.2 Å². The number of hydrogen-bond acceptors (Lipinski definition) is 5. The predicted octanol–water partition coefficient (Wildman–Crippen LogP) is 1.16. The molecule has 0 aromatic carbocycles. The fourth-order valence-corrected chi connectivity index (χ4v) is 6.24. The Balaban J connectivity index is 1.72. The molecular weight excluding hydrogens is 382 g/mol. The molecule has 0 unspecified atom stereocenters. The third-order valence-corrected chi connectivity index (χ3v) is 7.95. The van der Waals surface area contributed by atoms with Crippen LogP contribution in [0.5, 0.6) is 0 Å². The Kier molecular flexibility index (Phi) is 5.76. The molecule has 3 aliphatic rings. The lowest BCUT2D eigenvalue weighted by Crippen LogP contribution is -2.51. The fraction of sp³-hybridized carbons (Fsp3) is 0.842. The number of amides is 4.